The van der Waals surface area contributed by atoms with Gasteiger partial charge < -0.3 is 0 Å². The summed E-state index contributed by atoms with van der Waals surface area (Å²) in [4.78, 5) is 16.3. The van der Waals surface area contributed by atoms with E-state index in [1.165, 1.54) is 0 Å². The summed E-state index contributed by atoms with van der Waals surface area (Å²) in [5, 5.41) is 0. The van der Waals surface area contributed by atoms with Gasteiger partial charge in [-0.15, -0.1) is 0 Å². The van der Waals surface area contributed by atoms with Crippen LogP contribution in [0.25, 0.3) is 0 Å². The molecule has 0 unspecified atom stereocenters. The lowest BCUT2D eigenvalue weighted by Gasteiger charge is -2.19. The molecule has 0 fully saturated rings. The van der Waals surface area contributed by atoms with E-state index in [2.05, 4.69) is 19.3 Å². The molecular weight excluding hydrogens is 166 g/mol. The summed E-state index contributed by atoms with van der Waals surface area (Å²) < 4.78 is 0. The third-order valence-corrected chi connectivity index (χ3v) is 1.42. The van der Waals surface area contributed by atoms with Crippen LogP contribution >= 0.6 is 0 Å². The average molecular weight is 187 g/mol. The molecule has 1 N–H and O–H groups in total. The predicted octanol–water partition coefficient (Wildman–Crippen LogP) is 2.27. The van der Waals surface area contributed by atoms with Gasteiger partial charge in [0.1, 0.15) is 0 Å². The molecule has 0 aliphatic rings. The maximum atomic E-state index is 11.2. The van der Waals surface area contributed by atoms with Crippen LogP contribution in [-0.4, -0.2) is 11.5 Å². The van der Waals surface area contributed by atoms with Gasteiger partial charge in [-0.2, -0.15) is 0 Å². The van der Waals surface area contributed by atoms with Crippen molar-refractivity contribution in [2.45, 2.75) is 53.1 Å². The zero-order valence-corrected chi connectivity index (χ0v) is 9.31. The van der Waals surface area contributed by atoms with Crippen molar-refractivity contribution < 1.29 is 9.63 Å². The predicted molar refractivity (Wildman–Crippen MR) is 53.1 cm³/mol. The quantitative estimate of drug-likeness (QED) is 0.686. The molecule has 0 aliphatic heterocycles. The number of carbonyl (C=O) groups excluding carboxylic acids is 1. The third kappa shape index (κ3) is 9.34. The van der Waals surface area contributed by atoms with E-state index >= 15 is 0 Å². The second-order valence-corrected chi connectivity index (χ2v) is 4.67. The first kappa shape index (κ1) is 12.4. The largest absolute Gasteiger partial charge is 0.273 e. The van der Waals surface area contributed by atoms with Crippen LogP contribution < -0.4 is 5.48 Å². The molecule has 0 rings (SSSR count). The Labute approximate surface area is 80.8 Å². The van der Waals surface area contributed by atoms with E-state index in [1.807, 2.05) is 20.8 Å². The Morgan fingerprint density at radius 3 is 2.31 bits per heavy atom. The molecule has 0 aliphatic carbocycles. The first-order valence-corrected chi connectivity index (χ1v) is 4.78. The normalized spacial score (nSPS) is 11.8. The second kappa shape index (κ2) is 5.22. The first-order valence-electron chi connectivity index (χ1n) is 4.78. The Morgan fingerprint density at radius 2 is 1.92 bits per heavy atom. The van der Waals surface area contributed by atoms with Gasteiger partial charge in [-0.1, -0.05) is 13.8 Å². The van der Waals surface area contributed by atoms with Crippen molar-refractivity contribution in [2.75, 3.05) is 0 Å². The van der Waals surface area contributed by atoms with E-state index in [4.69, 9.17) is 4.84 Å². The lowest BCUT2D eigenvalue weighted by atomic mass is 10.1. The molecule has 3 nitrogen and oxygen atoms in total. The van der Waals surface area contributed by atoms with Gasteiger partial charge in [-0.25, -0.2) is 5.48 Å². The minimum atomic E-state index is -0.312. The molecule has 0 spiro atoms. The zero-order valence-electron chi connectivity index (χ0n) is 9.31. The van der Waals surface area contributed by atoms with Gasteiger partial charge in [-0.05, 0) is 33.1 Å². The van der Waals surface area contributed by atoms with Crippen LogP contribution in [0.3, 0.4) is 0 Å². The summed E-state index contributed by atoms with van der Waals surface area (Å²) in [6.07, 6.45) is 1.44. The van der Waals surface area contributed by atoms with Crippen molar-refractivity contribution in [2.24, 2.45) is 5.92 Å². The van der Waals surface area contributed by atoms with Crippen LogP contribution in [0.2, 0.25) is 0 Å². The molecule has 0 atom stereocenters. The van der Waals surface area contributed by atoms with E-state index < -0.39 is 0 Å². The molecule has 0 aromatic carbocycles. The molecule has 78 valence electrons. The fraction of sp³-hybridized carbons (Fsp3) is 0.900. The molecule has 0 heterocycles. The Hall–Kier alpha value is -0.570. The molecule has 1 amide bonds. The number of carbonyl (C=O) groups is 1. The van der Waals surface area contributed by atoms with Gasteiger partial charge in [0, 0.05) is 6.42 Å². The molecular formula is C10H21NO2. The number of hydrogen-bond donors (Lipinski definition) is 1. The summed E-state index contributed by atoms with van der Waals surface area (Å²) in [5.74, 6) is 0.518. The number of amides is 1. The highest BCUT2D eigenvalue weighted by molar-refractivity contribution is 5.74. The summed E-state index contributed by atoms with van der Waals surface area (Å²) in [6.45, 7) is 9.89. The number of hydroxylamine groups is 1. The third-order valence-electron chi connectivity index (χ3n) is 1.42. The van der Waals surface area contributed by atoms with Gasteiger partial charge in [-0.3, -0.25) is 9.63 Å². The Balaban J connectivity index is 3.53. The van der Waals surface area contributed by atoms with Crippen molar-refractivity contribution in [1.29, 1.82) is 0 Å². The Morgan fingerprint density at radius 1 is 1.38 bits per heavy atom. The molecule has 0 bridgehead atoms. The molecule has 3 heteroatoms. The van der Waals surface area contributed by atoms with Crippen LogP contribution in [-0.2, 0) is 9.63 Å². The summed E-state index contributed by atoms with van der Waals surface area (Å²) in [5.41, 5.74) is 2.13. The number of rotatable bonds is 4. The molecule has 0 aromatic heterocycles. The SMILES string of the molecule is CC(C)CCC(=O)NOC(C)(C)C. The van der Waals surface area contributed by atoms with E-state index in [0.717, 1.165) is 6.42 Å². The van der Waals surface area contributed by atoms with Gasteiger partial charge in [0.2, 0.25) is 5.91 Å². The summed E-state index contributed by atoms with van der Waals surface area (Å²) >= 11 is 0. The van der Waals surface area contributed by atoms with Crippen LogP contribution in [0.15, 0.2) is 0 Å². The lowest BCUT2D eigenvalue weighted by Crippen LogP contribution is -2.33. The highest BCUT2D eigenvalue weighted by Crippen LogP contribution is 2.06. The van der Waals surface area contributed by atoms with Crippen LogP contribution in [0.1, 0.15) is 47.5 Å². The zero-order chi connectivity index (χ0) is 10.5. The molecule has 13 heavy (non-hydrogen) atoms. The molecule has 0 aromatic rings. The highest BCUT2D eigenvalue weighted by atomic mass is 16.7. The fourth-order valence-corrected chi connectivity index (χ4v) is 0.681. The second-order valence-electron chi connectivity index (χ2n) is 4.67. The summed E-state index contributed by atoms with van der Waals surface area (Å²) in [7, 11) is 0. The Kier molecular flexibility index (Phi) is 4.99. The van der Waals surface area contributed by atoms with Crippen LogP contribution in [0.4, 0.5) is 0 Å². The lowest BCUT2D eigenvalue weighted by molar-refractivity contribution is -0.145. The van der Waals surface area contributed by atoms with Gasteiger partial charge in [0.25, 0.3) is 0 Å². The standard InChI is InChI=1S/C10H21NO2/c1-8(2)6-7-9(12)11-13-10(3,4)5/h8H,6-7H2,1-5H3,(H,11,12). The van der Waals surface area contributed by atoms with Crippen molar-refractivity contribution in [3.63, 3.8) is 0 Å². The van der Waals surface area contributed by atoms with Crippen molar-refractivity contribution in [3.05, 3.63) is 0 Å². The van der Waals surface area contributed by atoms with Crippen LogP contribution in [0.5, 0.6) is 0 Å². The number of hydrogen-bond acceptors (Lipinski definition) is 2. The fourth-order valence-electron chi connectivity index (χ4n) is 0.681. The summed E-state index contributed by atoms with van der Waals surface area (Å²) in [6, 6.07) is 0. The van der Waals surface area contributed by atoms with Crippen molar-refractivity contribution in [3.8, 4) is 0 Å². The maximum Gasteiger partial charge on any atom is 0.243 e. The maximum absolute atomic E-state index is 11.2. The van der Waals surface area contributed by atoms with Gasteiger partial charge >= 0.3 is 0 Å². The highest BCUT2D eigenvalue weighted by Gasteiger charge is 2.12. The minimum absolute atomic E-state index is 0.0383. The Bertz CT molecular complexity index is 159. The van der Waals surface area contributed by atoms with E-state index in [1.54, 1.807) is 0 Å². The van der Waals surface area contributed by atoms with E-state index in [9.17, 15) is 4.79 Å². The first-order chi connectivity index (χ1) is 5.81. The van der Waals surface area contributed by atoms with Crippen LogP contribution in [0, 0.1) is 5.92 Å². The smallest absolute Gasteiger partial charge is 0.243 e. The van der Waals surface area contributed by atoms with E-state index in [-0.39, 0.29) is 11.5 Å². The monoisotopic (exact) mass is 187 g/mol. The molecule has 0 saturated carbocycles. The average Bonchev–Trinajstić information content (AvgIpc) is 1.95. The number of nitrogens with one attached hydrogen (secondary N) is 1. The van der Waals surface area contributed by atoms with Gasteiger partial charge in [0.05, 0.1) is 5.60 Å². The topological polar surface area (TPSA) is 38.3 Å². The molecule has 0 saturated heterocycles. The van der Waals surface area contributed by atoms with Crippen molar-refractivity contribution >= 4 is 5.91 Å². The van der Waals surface area contributed by atoms with Crippen molar-refractivity contribution in [1.82, 2.24) is 5.48 Å². The van der Waals surface area contributed by atoms with Gasteiger partial charge in [0.15, 0.2) is 0 Å². The minimum Gasteiger partial charge on any atom is -0.273 e. The molecule has 0 radical (unpaired) electrons. The van der Waals surface area contributed by atoms with E-state index in [0.29, 0.717) is 12.3 Å².